The van der Waals surface area contributed by atoms with Crippen LogP contribution in [0, 0.1) is 6.92 Å². The summed E-state index contributed by atoms with van der Waals surface area (Å²) < 4.78 is 61.5. The Kier molecular flexibility index (Phi) is 8.22. The molecule has 0 unspecified atom stereocenters. The van der Waals surface area contributed by atoms with Crippen LogP contribution >= 0.6 is 0 Å². The van der Waals surface area contributed by atoms with Gasteiger partial charge < -0.3 is 10.1 Å². The van der Waals surface area contributed by atoms with Gasteiger partial charge in [-0.2, -0.15) is 0 Å². The number of hydrogen-bond donors (Lipinski definition) is 2. The largest absolute Gasteiger partial charge is 0.495 e. The van der Waals surface area contributed by atoms with Gasteiger partial charge in [0.2, 0.25) is 5.91 Å². The molecule has 4 aromatic carbocycles. The molecular formula is C28H27N3O6S2. The Morgan fingerprint density at radius 2 is 1.38 bits per heavy atom. The maximum absolute atomic E-state index is 13.6. The van der Waals surface area contributed by atoms with Crippen LogP contribution in [-0.2, 0) is 24.8 Å². The molecule has 39 heavy (non-hydrogen) atoms. The number of nitrogens with zero attached hydrogens (tertiary/aromatic N) is 1. The minimum absolute atomic E-state index is 0.00197. The Bertz CT molecular complexity index is 1660. The monoisotopic (exact) mass is 565 g/mol. The number of hydrogen-bond acceptors (Lipinski definition) is 6. The lowest BCUT2D eigenvalue weighted by Crippen LogP contribution is -2.38. The van der Waals surface area contributed by atoms with Crippen molar-refractivity contribution in [2.75, 3.05) is 28.0 Å². The number of anilines is 3. The van der Waals surface area contributed by atoms with Crippen molar-refractivity contribution in [1.29, 1.82) is 0 Å². The van der Waals surface area contributed by atoms with Crippen LogP contribution < -0.4 is 19.1 Å². The fourth-order valence-electron chi connectivity index (χ4n) is 3.78. The molecular weight excluding hydrogens is 538 g/mol. The standard InChI is InChI=1S/C28H27N3O6S2/c1-21-13-18-27(37-2)26(19-21)31(39(35,36)25-11-7-4-8-12-25)20-28(32)29-22-14-16-24(17-15-22)38(33,34)30-23-9-5-3-6-10-23/h3-19,30H,20H2,1-2H3,(H,29,32). The maximum Gasteiger partial charge on any atom is 0.264 e. The van der Waals surface area contributed by atoms with Gasteiger partial charge in [-0.1, -0.05) is 42.5 Å². The number of aryl methyl sites for hydroxylation is 1. The SMILES string of the molecule is COc1ccc(C)cc1N(CC(=O)Nc1ccc(S(=O)(=O)Nc2ccccc2)cc1)S(=O)(=O)c1ccccc1. The topological polar surface area (TPSA) is 122 Å². The third kappa shape index (κ3) is 6.57. The summed E-state index contributed by atoms with van der Waals surface area (Å²) in [7, 11) is -6.56. The smallest absolute Gasteiger partial charge is 0.264 e. The Hall–Kier alpha value is -4.35. The van der Waals surface area contributed by atoms with E-state index in [0.29, 0.717) is 11.4 Å². The highest BCUT2D eigenvalue weighted by molar-refractivity contribution is 7.93. The van der Waals surface area contributed by atoms with Gasteiger partial charge in [-0.05, 0) is 73.2 Å². The van der Waals surface area contributed by atoms with Crippen molar-refractivity contribution in [2.24, 2.45) is 0 Å². The molecule has 0 aliphatic heterocycles. The van der Waals surface area contributed by atoms with Crippen molar-refractivity contribution in [3.8, 4) is 5.75 Å². The fourth-order valence-corrected chi connectivity index (χ4v) is 6.29. The van der Waals surface area contributed by atoms with Crippen molar-refractivity contribution < 1.29 is 26.4 Å². The van der Waals surface area contributed by atoms with E-state index < -0.39 is 32.5 Å². The van der Waals surface area contributed by atoms with E-state index in [1.165, 1.54) is 43.5 Å². The van der Waals surface area contributed by atoms with Gasteiger partial charge in [0.15, 0.2) is 0 Å². The first kappa shape index (κ1) is 27.7. The van der Waals surface area contributed by atoms with Crippen LogP contribution in [-0.4, -0.2) is 36.4 Å². The van der Waals surface area contributed by atoms with Gasteiger partial charge in [0, 0.05) is 11.4 Å². The molecule has 0 heterocycles. The van der Waals surface area contributed by atoms with Gasteiger partial charge in [0.25, 0.3) is 20.0 Å². The molecule has 0 spiro atoms. The van der Waals surface area contributed by atoms with Crippen LogP contribution in [0.5, 0.6) is 5.75 Å². The molecule has 0 radical (unpaired) electrons. The summed E-state index contributed by atoms with van der Waals surface area (Å²) >= 11 is 0. The molecule has 9 nitrogen and oxygen atoms in total. The third-order valence-electron chi connectivity index (χ3n) is 5.70. The molecule has 0 aromatic heterocycles. The van der Waals surface area contributed by atoms with E-state index in [0.717, 1.165) is 9.87 Å². The van der Waals surface area contributed by atoms with E-state index in [2.05, 4.69) is 10.0 Å². The highest BCUT2D eigenvalue weighted by atomic mass is 32.2. The second-order valence-corrected chi connectivity index (χ2v) is 12.1. The molecule has 2 N–H and O–H groups in total. The first-order valence-corrected chi connectivity index (χ1v) is 14.7. The van der Waals surface area contributed by atoms with Gasteiger partial charge in [0.1, 0.15) is 12.3 Å². The minimum atomic E-state index is -4.14. The van der Waals surface area contributed by atoms with Gasteiger partial charge in [-0.25, -0.2) is 16.8 Å². The molecule has 0 aliphatic rings. The Labute approximate surface area is 228 Å². The number of methoxy groups -OCH3 is 1. The first-order chi connectivity index (χ1) is 18.6. The minimum Gasteiger partial charge on any atom is -0.495 e. The molecule has 1 amide bonds. The zero-order valence-electron chi connectivity index (χ0n) is 21.2. The fraction of sp³-hybridized carbons (Fsp3) is 0.107. The molecule has 0 aliphatic carbocycles. The number of carbonyl (C=O) groups is 1. The summed E-state index contributed by atoms with van der Waals surface area (Å²) in [5.41, 5.74) is 1.71. The normalized spacial score (nSPS) is 11.4. The number of ether oxygens (including phenoxy) is 1. The van der Waals surface area contributed by atoms with Crippen LogP contribution in [0.1, 0.15) is 5.56 Å². The summed E-state index contributed by atoms with van der Waals surface area (Å²) in [4.78, 5) is 13.1. The molecule has 0 saturated carbocycles. The number of amides is 1. The van der Waals surface area contributed by atoms with Crippen LogP contribution in [0.4, 0.5) is 17.1 Å². The lowest BCUT2D eigenvalue weighted by Gasteiger charge is -2.26. The van der Waals surface area contributed by atoms with Gasteiger partial charge in [0.05, 0.1) is 22.6 Å². The molecule has 0 fully saturated rings. The van der Waals surface area contributed by atoms with Gasteiger partial charge in [-0.3, -0.25) is 13.8 Å². The van der Waals surface area contributed by atoms with Crippen LogP contribution in [0.2, 0.25) is 0 Å². The zero-order chi connectivity index (χ0) is 28.0. The number of nitrogens with one attached hydrogen (secondary N) is 2. The van der Waals surface area contributed by atoms with Gasteiger partial charge >= 0.3 is 0 Å². The summed E-state index contributed by atoms with van der Waals surface area (Å²) in [5, 5.41) is 2.65. The number of rotatable bonds is 10. The predicted molar refractivity (Wildman–Crippen MR) is 151 cm³/mol. The van der Waals surface area contributed by atoms with Crippen LogP contribution in [0.15, 0.2) is 113 Å². The van der Waals surface area contributed by atoms with Crippen LogP contribution in [0.3, 0.4) is 0 Å². The maximum atomic E-state index is 13.6. The molecule has 0 saturated heterocycles. The van der Waals surface area contributed by atoms with E-state index in [9.17, 15) is 21.6 Å². The number of sulfonamides is 2. The zero-order valence-corrected chi connectivity index (χ0v) is 22.9. The second-order valence-electron chi connectivity index (χ2n) is 8.54. The van der Waals surface area contributed by atoms with E-state index in [1.54, 1.807) is 73.7 Å². The second kappa shape index (κ2) is 11.6. The molecule has 0 bridgehead atoms. The van der Waals surface area contributed by atoms with E-state index >= 15 is 0 Å². The first-order valence-electron chi connectivity index (χ1n) is 11.8. The predicted octanol–water partition coefficient (Wildman–Crippen LogP) is 4.64. The van der Waals surface area contributed by atoms with E-state index in [1.807, 2.05) is 0 Å². The van der Waals surface area contributed by atoms with Gasteiger partial charge in [-0.15, -0.1) is 0 Å². The quantitative estimate of drug-likeness (QED) is 0.289. The Morgan fingerprint density at radius 1 is 0.769 bits per heavy atom. The molecule has 4 rings (SSSR count). The number of carbonyl (C=O) groups excluding carboxylic acids is 1. The van der Waals surface area contributed by atoms with Crippen LogP contribution in [0.25, 0.3) is 0 Å². The number of benzene rings is 4. The van der Waals surface area contributed by atoms with Crippen molar-refractivity contribution in [1.82, 2.24) is 0 Å². The Balaban J connectivity index is 1.58. The van der Waals surface area contributed by atoms with E-state index in [4.69, 9.17) is 4.74 Å². The Morgan fingerprint density at radius 3 is 2.00 bits per heavy atom. The highest BCUT2D eigenvalue weighted by Crippen LogP contribution is 2.33. The van der Waals surface area contributed by atoms with Crippen molar-refractivity contribution in [2.45, 2.75) is 16.7 Å². The van der Waals surface area contributed by atoms with Crippen molar-refractivity contribution in [3.63, 3.8) is 0 Å². The number of para-hydroxylation sites is 1. The lowest BCUT2D eigenvalue weighted by molar-refractivity contribution is -0.114. The third-order valence-corrected chi connectivity index (χ3v) is 8.87. The molecule has 0 atom stereocenters. The van der Waals surface area contributed by atoms with Crippen molar-refractivity contribution in [3.05, 3.63) is 109 Å². The average molecular weight is 566 g/mol. The highest BCUT2D eigenvalue weighted by Gasteiger charge is 2.29. The van der Waals surface area contributed by atoms with Crippen molar-refractivity contribution >= 4 is 43.0 Å². The lowest BCUT2D eigenvalue weighted by atomic mass is 10.2. The summed E-state index contributed by atoms with van der Waals surface area (Å²) in [5.74, 6) is -0.343. The average Bonchev–Trinajstić information content (AvgIpc) is 2.93. The summed E-state index contributed by atoms with van der Waals surface area (Å²) in [6.07, 6.45) is 0. The molecule has 11 heteroatoms. The summed E-state index contributed by atoms with van der Waals surface area (Å²) in [6, 6.07) is 26.9. The van der Waals surface area contributed by atoms with E-state index in [-0.39, 0.29) is 21.2 Å². The molecule has 4 aromatic rings. The molecule has 202 valence electrons. The summed E-state index contributed by atoms with van der Waals surface area (Å²) in [6.45, 7) is 1.26.